The number of amides is 1. The van der Waals surface area contributed by atoms with Crippen LogP contribution in [0, 0.1) is 0 Å². The molecule has 0 spiro atoms. The molecule has 0 bridgehead atoms. The van der Waals surface area contributed by atoms with E-state index in [9.17, 15) is 21.6 Å². The number of hydrogen-bond acceptors (Lipinski definition) is 5. The van der Waals surface area contributed by atoms with Crippen molar-refractivity contribution in [2.45, 2.75) is 16.7 Å². The van der Waals surface area contributed by atoms with Gasteiger partial charge < -0.3 is 0 Å². The molecule has 0 saturated carbocycles. The average Bonchev–Trinajstić information content (AvgIpc) is 2.49. The number of nitrogens with one attached hydrogen (secondary N) is 1. The van der Waals surface area contributed by atoms with Gasteiger partial charge in [0.25, 0.3) is 15.9 Å². The Kier molecular flexibility index (Phi) is 2.51. The first-order valence-corrected chi connectivity index (χ1v) is 7.85. The van der Waals surface area contributed by atoms with Crippen molar-refractivity contribution < 1.29 is 21.6 Å². The minimum absolute atomic E-state index is 0.0277. The normalized spacial score (nSPS) is 17.6. The largest absolute Gasteiger partial charge is 0.268 e. The maximum absolute atomic E-state index is 11.6. The summed E-state index contributed by atoms with van der Waals surface area (Å²) in [6.45, 7) is 1.46. The molecule has 8 heteroatoms. The van der Waals surface area contributed by atoms with Crippen LogP contribution in [-0.2, 0) is 19.9 Å². The Labute approximate surface area is 98.6 Å². The van der Waals surface area contributed by atoms with Crippen LogP contribution < -0.4 is 4.72 Å². The molecule has 1 aliphatic heterocycles. The van der Waals surface area contributed by atoms with Gasteiger partial charge in [-0.1, -0.05) is 6.92 Å². The number of hydrogen-bond donors (Lipinski definition) is 1. The smallest absolute Gasteiger partial charge is 0.266 e. The number of sulfonamides is 1. The Hall–Kier alpha value is -1.41. The van der Waals surface area contributed by atoms with Gasteiger partial charge in [-0.2, -0.15) is 0 Å². The van der Waals surface area contributed by atoms with Gasteiger partial charge in [-0.25, -0.2) is 21.6 Å². The Balaban J connectivity index is 2.73. The Morgan fingerprint density at radius 2 is 1.94 bits per heavy atom. The summed E-state index contributed by atoms with van der Waals surface area (Å²) in [4.78, 5) is 10.9. The van der Waals surface area contributed by atoms with Gasteiger partial charge in [0.2, 0.25) is 0 Å². The van der Waals surface area contributed by atoms with Crippen LogP contribution in [0.25, 0.3) is 0 Å². The molecule has 1 N–H and O–H groups in total. The SMILES string of the molecule is CCS(=O)(=O)c1ccc2c(c1)S(=O)(=O)NC2=O. The first-order valence-electron chi connectivity index (χ1n) is 4.72. The molecule has 0 radical (unpaired) electrons. The van der Waals surface area contributed by atoms with Crippen molar-refractivity contribution in [3.8, 4) is 0 Å². The van der Waals surface area contributed by atoms with Gasteiger partial charge in [0, 0.05) is 0 Å². The highest BCUT2D eigenvalue weighted by Gasteiger charge is 2.33. The van der Waals surface area contributed by atoms with Crippen molar-refractivity contribution in [1.82, 2.24) is 4.72 Å². The van der Waals surface area contributed by atoms with Crippen LogP contribution in [0.5, 0.6) is 0 Å². The molecule has 1 heterocycles. The van der Waals surface area contributed by atoms with Crippen LogP contribution in [-0.4, -0.2) is 28.5 Å². The lowest BCUT2D eigenvalue weighted by atomic mass is 10.2. The van der Waals surface area contributed by atoms with Crippen LogP contribution >= 0.6 is 0 Å². The van der Waals surface area contributed by atoms with E-state index in [-0.39, 0.29) is 21.1 Å². The summed E-state index contributed by atoms with van der Waals surface area (Å²) in [5.41, 5.74) is -0.0277. The summed E-state index contributed by atoms with van der Waals surface area (Å²) >= 11 is 0. The highest BCUT2D eigenvalue weighted by Crippen LogP contribution is 2.25. The van der Waals surface area contributed by atoms with E-state index in [2.05, 4.69) is 0 Å². The molecule has 92 valence electrons. The van der Waals surface area contributed by atoms with E-state index >= 15 is 0 Å². The maximum Gasteiger partial charge on any atom is 0.266 e. The van der Waals surface area contributed by atoms with E-state index in [1.165, 1.54) is 19.1 Å². The van der Waals surface area contributed by atoms with Gasteiger partial charge in [0.05, 0.1) is 16.2 Å². The molecular formula is C9H9NO5S2. The summed E-state index contributed by atoms with van der Waals surface area (Å²) in [7, 11) is -7.40. The third-order valence-corrected chi connectivity index (χ3v) is 5.56. The van der Waals surface area contributed by atoms with Gasteiger partial charge in [0.15, 0.2) is 9.84 Å². The van der Waals surface area contributed by atoms with Crippen LogP contribution in [0.2, 0.25) is 0 Å². The molecule has 1 amide bonds. The molecule has 17 heavy (non-hydrogen) atoms. The van der Waals surface area contributed by atoms with Crippen molar-refractivity contribution in [2.75, 3.05) is 5.75 Å². The monoisotopic (exact) mass is 275 g/mol. The summed E-state index contributed by atoms with van der Waals surface area (Å²) in [6.07, 6.45) is 0. The highest BCUT2D eigenvalue weighted by molar-refractivity contribution is 7.92. The van der Waals surface area contributed by atoms with Gasteiger partial charge in [0.1, 0.15) is 4.90 Å². The van der Waals surface area contributed by atoms with Crippen molar-refractivity contribution in [2.24, 2.45) is 0 Å². The number of carbonyl (C=O) groups is 1. The predicted octanol–water partition coefficient (Wildman–Crippen LogP) is -0.0877. The molecule has 0 aromatic heterocycles. The molecule has 6 nitrogen and oxygen atoms in total. The lowest BCUT2D eigenvalue weighted by Crippen LogP contribution is -2.20. The van der Waals surface area contributed by atoms with Crippen molar-refractivity contribution in [3.63, 3.8) is 0 Å². The summed E-state index contributed by atoms with van der Waals surface area (Å²) in [5.74, 6) is -0.867. The minimum atomic E-state index is -3.91. The number of rotatable bonds is 2. The van der Waals surface area contributed by atoms with E-state index < -0.39 is 25.8 Å². The zero-order valence-corrected chi connectivity index (χ0v) is 10.4. The highest BCUT2D eigenvalue weighted by atomic mass is 32.2. The maximum atomic E-state index is 11.6. The average molecular weight is 275 g/mol. The zero-order valence-electron chi connectivity index (χ0n) is 8.80. The Morgan fingerprint density at radius 1 is 1.29 bits per heavy atom. The Bertz CT molecular complexity index is 703. The molecule has 0 atom stereocenters. The number of fused-ring (bicyclic) bond motifs is 1. The molecule has 2 rings (SSSR count). The molecule has 0 aliphatic carbocycles. The predicted molar refractivity (Wildman–Crippen MR) is 58.8 cm³/mol. The summed E-state index contributed by atoms with van der Waals surface area (Å²) in [6, 6.07) is 3.46. The molecular weight excluding hydrogens is 266 g/mol. The number of sulfone groups is 1. The van der Waals surface area contributed by atoms with Crippen LogP contribution in [0.3, 0.4) is 0 Å². The second-order valence-corrected chi connectivity index (χ2v) is 7.43. The van der Waals surface area contributed by atoms with Crippen LogP contribution in [0.15, 0.2) is 28.0 Å². The fourth-order valence-corrected chi connectivity index (χ4v) is 3.68. The van der Waals surface area contributed by atoms with Crippen molar-refractivity contribution in [1.29, 1.82) is 0 Å². The van der Waals surface area contributed by atoms with Crippen molar-refractivity contribution >= 4 is 25.8 Å². The van der Waals surface area contributed by atoms with Crippen LogP contribution in [0.1, 0.15) is 17.3 Å². The summed E-state index contributed by atoms with van der Waals surface area (Å²) in [5, 5.41) is 0. The lowest BCUT2D eigenvalue weighted by molar-refractivity contribution is 0.0985. The first-order chi connectivity index (χ1) is 7.78. The van der Waals surface area contributed by atoms with E-state index in [1.54, 1.807) is 4.72 Å². The van der Waals surface area contributed by atoms with Gasteiger partial charge in [-0.3, -0.25) is 4.79 Å². The topological polar surface area (TPSA) is 97.4 Å². The zero-order chi connectivity index (χ0) is 12.8. The van der Waals surface area contributed by atoms with Crippen LogP contribution in [0.4, 0.5) is 0 Å². The third-order valence-electron chi connectivity index (χ3n) is 2.45. The van der Waals surface area contributed by atoms with E-state index in [4.69, 9.17) is 0 Å². The second-order valence-electron chi connectivity index (χ2n) is 3.50. The van der Waals surface area contributed by atoms with E-state index in [1.807, 2.05) is 0 Å². The van der Waals surface area contributed by atoms with E-state index in [0.29, 0.717) is 0 Å². The van der Waals surface area contributed by atoms with Crippen molar-refractivity contribution in [3.05, 3.63) is 23.8 Å². The fraction of sp³-hybridized carbons (Fsp3) is 0.222. The van der Waals surface area contributed by atoms with Gasteiger partial charge in [-0.15, -0.1) is 0 Å². The quantitative estimate of drug-likeness (QED) is 0.813. The third kappa shape index (κ3) is 1.83. The second kappa shape index (κ2) is 3.54. The molecule has 1 aliphatic rings. The van der Waals surface area contributed by atoms with E-state index in [0.717, 1.165) is 6.07 Å². The molecule has 1 aromatic rings. The standard InChI is InChI=1S/C9H9NO5S2/c1-2-16(12,13)6-3-4-7-8(5-6)17(14,15)10-9(7)11/h3-5H,2H2,1H3,(H,10,11). The minimum Gasteiger partial charge on any atom is -0.268 e. The molecule has 0 saturated heterocycles. The molecule has 1 aromatic carbocycles. The van der Waals surface area contributed by atoms with Gasteiger partial charge >= 0.3 is 0 Å². The first kappa shape index (κ1) is 12.1. The van der Waals surface area contributed by atoms with Gasteiger partial charge in [-0.05, 0) is 18.2 Å². The molecule has 0 unspecified atom stereocenters. The number of benzene rings is 1. The lowest BCUT2D eigenvalue weighted by Gasteiger charge is -2.02. The Morgan fingerprint density at radius 3 is 2.53 bits per heavy atom. The summed E-state index contributed by atoms with van der Waals surface area (Å²) < 4.78 is 48.0. The number of carbonyl (C=O) groups excluding carboxylic acids is 1. The fourth-order valence-electron chi connectivity index (χ4n) is 1.50. The molecule has 0 fully saturated rings.